The Morgan fingerprint density at radius 3 is 2.15 bits per heavy atom. The van der Waals surface area contributed by atoms with Gasteiger partial charge in [-0.25, -0.2) is 9.97 Å². The normalized spacial score (nSPS) is 40.0. The average molecular weight is 272 g/mol. The van der Waals surface area contributed by atoms with Crippen LogP contribution in [-0.4, -0.2) is 9.97 Å². The molecule has 1 unspecified atom stereocenters. The zero-order valence-corrected chi connectivity index (χ0v) is 12.0. The molecule has 0 amide bonds. The standard InChI is InChI=1S/C16H24N4/c17-20-15(14-8-18-10-19-9-14)7-16-4-11-1-12(5-16)3-13(2-11)6-16/h8-13,15,20H,1-7,17H2. The van der Waals surface area contributed by atoms with Crippen LogP contribution < -0.4 is 11.3 Å². The smallest absolute Gasteiger partial charge is 0.115 e. The third-order valence-electron chi connectivity index (χ3n) is 5.99. The molecule has 0 aliphatic heterocycles. The van der Waals surface area contributed by atoms with E-state index in [9.17, 15) is 0 Å². The largest absolute Gasteiger partial charge is 0.271 e. The molecule has 4 fully saturated rings. The molecular weight excluding hydrogens is 248 g/mol. The van der Waals surface area contributed by atoms with Crippen LogP contribution in [0.25, 0.3) is 0 Å². The molecule has 108 valence electrons. The second kappa shape index (κ2) is 4.78. The second-order valence-electron chi connectivity index (χ2n) is 7.51. The molecule has 5 rings (SSSR count). The number of aromatic nitrogens is 2. The van der Waals surface area contributed by atoms with Crippen molar-refractivity contribution >= 4 is 0 Å². The van der Waals surface area contributed by atoms with Crippen molar-refractivity contribution in [2.45, 2.75) is 51.0 Å². The van der Waals surface area contributed by atoms with E-state index in [2.05, 4.69) is 15.4 Å². The van der Waals surface area contributed by atoms with E-state index in [4.69, 9.17) is 5.84 Å². The summed E-state index contributed by atoms with van der Waals surface area (Å²) in [4.78, 5) is 8.28. The van der Waals surface area contributed by atoms with E-state index in [1.54, 1.807) is 6.33 Å². The molecule has 3 N–H and O–H groups in total. The third kappa shape index (κ3) is 2.15. The Kier molecular flexibility index (Phi) is 3.04. The van der Waals surface area contributed by atoms with E-state index in [0.29, 0.717) is 5.41 Å². The molecule has 0 spiro atoms. The van der Waals surface area contributed by atoms with Crippen molar-refractivity contribution in [1.82, 2.24) is 15.4 Å². The first kappa shape index (κ1) is 12.7. The van der Waals surface area contributed by atoms with Crippen LogP contribution in [0.3, 0.4) is 0 Å². The maximum absolute atomic E-state index is 5.83. The van der Waals surface area contributed by atoms with Crippen LogP contribution in [0.2, 0.25) is 0 Å². The fourth-order valence-corrected chi connectivity index (χ4v) is 5.74. The van der Waals surface area contributed by atoms with E-state index in [0.717, 1.165) is 29.7 Å². The topological polar surface area (TPSA) is 63.8 Å². The lowest BCUT2D eigenvalue weighted by Gasteiger charge is -2.57. The van der Waals surface area contributed by atoms with Gasteiger partial charge in [0.25, 0.3) is 0 Å². The van der Waals surface area contributed by atoms with E-state index in [1.165, 1.54) is 38.5 Å². The first-order valence-electron chi connectivity index (χ1n) is 7.97. The van der Waals surface area contributed by atoms with Crippen LogP contribution in [0.4, 0.5) is 0 Å². The van der Waals surface area contributed by atoms with Gasteiger partial charge in [-0.05, 0) is 68.1 Å². The van der Waals surface area contributed by atoms with Crippen molar-refractivity contribution in [2.24, 2.45) is 29.0 Å². The Morgan fingerprint density at radius 1 is 1.10 bits per heavy atom. The van der Waals surface area contributed by atoms with Crippen molar-refractivity contribution in [3.8, 4) is 0 Å². The number of nitrogens with zero attached hydrogens (tertiary/aromatic N) is 2. The Labute approximate surface area is 120 Å². The predicted octanol–water partition coefficient (Wildman–Crippen LogP) is 2.59. The van der Waals surface area contributed by atoms with Gasteiger partial charge in [-0.3, -0.25) is 11.3 Å². The summed E-state index contributed by atoms with van der Waals surface area (Å²) in [6.45, 7) is 0. The highest BCUT2D eigenvalue weighted by molar-refractivity contribution is 5.12. The molecule has 4 bridgehead atoms. The highest BCUT2D eigenvalue weighted by Crippen LogP contribution is 2.62. The third-order valence-corrected chi connectivity index (χ3v) is 5.99. The summed E-state index contributed by atoms with van der Waals surface area (Å²) in [5.41, 5.74) is 4.67. The highest BCUT2D eigenvalue weighted by atomic mass is 15.2. The molecule has 0 saturated heterocycles. The molecule has 1 heterocycles. The molecule has 0 aromatic carbocycles. The van der Waals surface area contributed by atoms with Gasteiger partial charge in [-0.2, -0.15) is 0 Å². The highest BCUT2D eigenvalue weighted by Gasteiger charge is 2.51. The van der Waals surface area contributed by atoms with Gasteiger partial charge in [0, 0.05) is 24.0 Å². The first-order chi connectivity index (χ1) is 9.76. The fraction of sp³-hybridized carbons (Fsp3) is 0.750. The van der Waals surface area contributed by atoms with Crippen LogP contribution in [0.1, 0.15) is 56.6 Å². The Morgan fingerprint density at radius 2 is 1.65 bits per heavy atom. The Balaban J connectivity index is 1.55. The molecule has 4 aliphatic carbocycles. The van der Waals surface area contributed by atoms with Crippen molar-refractivity contribution in [3.05, 3.63) is 24.3 Å². The zero-order chi connectivity index (χ0) is 13.6. The molecule has 0 radical (unpaired) electrons. The molecule has 1 aromatic heterocycles. The van der Waals surface area contributed by atoms with Crippen molar-refractivity contribution < 1.29 is 0 Å². The van der Waals surface area contributed by atoms with Crippen molar-refractivity contribution in [3.63, 3.8) is 0 Å². The SMILES string of the molecule is NNC(CC12CC3CC(CC(C3)C1)C2)c1cncnc1. The zero-order valence-electron chi connectivity index (χ0n) is 12.0. The Hall–Kier alpha value is -1.00. The molecular formula is C16H24N4. The molecule has 20 heavy (non-hydrogen) atoms. The summed E-state index contributed by atoms with van der Waals surface area (Å²) in [6.07, 6.45) is 15.3. The van der Waals surface area contributed by atoms with Crippen LogP contribution in [0.5, 0.6) is 0 Å². The first-order valence-corrected chi connectivity index (χ1v) is 7.97. The molecule has 1 aromatic rings. The van der Waals surface area contributed by atoms with Gasteiger partial charge < -0.3 is 0 Å². The number of nitrogens with two attached hydrogens (primary N) is 1. The summed E-state index contributed by atoms with van der Waals surface area (Å²) in [7, 11) is 0. The van der Waals surface area contributed by atoms with Crippen molar-refractivity contribution in [1.29, 1.82) is 0 Å². The van der Waals surface area contributed by atoms with Crippen LogP contribution >= 0.6 is 0 Å². The number of hydrazine groups is 1. The van der Waals surface area contributed by atoms with Gasteiger partial charge in [0.1, 0.15) is 6.33 Å². The maximum Gasteiger partial charge on any atom is 0.115 e. The molecule has 1 atom stereocenters. The van der Waals surface area contributed by atoms with Crippen molar-refractivity contribution in [2.75, 3.05) is 0 Å². The quantitative estimate of drug-likeness (QED) is 0.653. The average Bonchev–Trinajstić information content (AvgIpc) is 2.44. The number of hydrogen-bond donors (Lipinski definition) is 2. The summed E-state index contributed by atoms with van der Waals surface area (Å²) in [6, 6.07) is 0.201. The summed E-state index contributed by atoms with van der Waals surface area (Å²) < 4.78 is 0. The lowest BCUT2D eigenvalue weighted by molar-refractivity contribution is -0.0623. The summed E-state index contributed by atoms with van der Waals surface area (Å²) in [5.74, 6) is 8.81. The van der Waals surface area contributed by atoms with Gasteiger partial charge in [-0.1, -0.05) is 0 Å². The minimum absolute atomic E-state index is 0.201. The maximum atomic E-state index is 5.83. The van der Waals surface area contributed by atoms with Gasteiger partial charge in [-0.15, -0.1) is 0 Å². The minimum atomic E-state index is 0.201. The summed E-state index contributed by atoms with van der Waals surface area (Å²) in [5, 5.41) is 0. The monoisotopic (exact) mass is 272 g/mol. The lowest BCUT2D eigenvalue weighted by atomic mass is 9.48. The van der Waals surface area contributed by atoms with E-state index in [1.807, 2.05) is 12.4 Å². The van der Waals surface area contributed by atoms with E-state index < -0.39 is 0 Å². The Bertz CT molecular complexity index is 437. The van der Waals surface area contributed by atoms with Crippen LogP contribution in [0.15, 0.2) is 18.7 Å². The van der Waals surface area contributed by atoms with Gasteiger partial charge >= 0.3 is 0 Å². The fourth-order valence-electron chi connectivity index (χ4n) is 5.74. The number of rotatable bonds is 4. The van der Waals surface area contributed by atoms with Gasteiger partial charge in [0.05, 0.1) is 0 Å². The van der Waals surface area contributed by atoms with Crippen LogP contribution in [0, 0.1) is 23.2 Å². The van der Waals surface area contributed by atoms with E-state index >= 15 is 0 Å². The molecule has 4 saturated carbocycles. The second-order valence-corrected chi connectivity index (χ2v) is 7.51. The predicted molar refractivity (Wildman–Crippen MR) is 77.3 cm³/mol. The molecule has 4 aliphatic rings. The number of nitrogens with one attached hydrogen (secondary N) is 1. The van der Waals surface area contributed by atoms with E-state index in [-0.39, 0.29) is 6.04 Å². The molecule has 4 heteroatoms. The van der Waals surface area contributed by atoms with Crippen LogP contribution in [-0.2, 0) is 0 Å². The number of hydrogen-bond acceptors (Lipinski definition) is 4. The lowest BCUT2D eigenvalue weighted by Crippen LogP contribution is -2.48. The molecule has 4 nitrogen and oxygen atoms in total. The van der Waals surface area contributed by atoms with Gasteiger partial charge in [0.2, 0.25) is 0 Å². The minimum Gasteiger partial charge on any atom is -0.271 e. The summed E-state index contributed by atoms with van der Waals surface area (Å²) >= 11 is 0. The van der Waals surface area contributed by atoms with Gasteiger partial charge in [0.15, 0.2) is 0 Å².